The Bertz CT molecular complexity index is 453. The summed E-state index contributed by atoms with van der Waals surface area (Å²) in [5, 5.41) is 9.18. The summed E-state index contributed by atoms with van der Waals surface area (Å²) in [6.45, 7) is 0.181. The van der Waals surface area contributed by atoms with Crippen molar-refractivity contribution in [1.29, 1.82) is 0 Å². The molecule has 0 aliphatic carbocycles. The van der Waals surface area contributed by atoms with Gasteiger partial charge in [0.15, 0.2) is 12.4 Å². The van der Waals surface area contributed by atoms with Crippen molar-refractivity contribution < 1.29 is 14.3 Å². The summed E-state index contributed by atoms with van der Waals surface area (Å²) in [5.41, 5.74) is 5.37. The predicted octanol–water partition coefficient (Wildman–Crippen LogP) is 1.54. The number of benzene rings is 1. The number of hydrogen-bond donors (Lipinski definition) is 2. The van der Waals surface area contributed by atoms with Crippen LogP contribution in [0, 0.1) is 0 Å². The fraction of sp³-hybridized carbons (Fsp3) is 0.100. The lowest BCUT2D eigenvalue weighted by atomic mass is 10.3. The zero-order valence-corrected chi connectivity index (χ0v) is 7.88. The molecule has 0 amide bonds. The van der Waals surface area contributed by atoms with E-state index in [-0.39, 0.29) is 12.4 Å². The van der Waals surface area contributed by atoms with E-state index in [1.807, 2.05) is 0 Å². The number of nitrogen functional groups attached to an aromatic ring is 1. The van der Waals surface area contributed by atoms with Gasteiger partial charge < -0.3 is 20.0 Å². The first-order valence-corrected chi connectivity index (χ1v) is 4.36. The average Bonchev–Trinajstić information content (AvgIpc) is 2.62. The number of nitrogens with zero attached hydrogens (tertiary/aromatic N) is 1. The van der Waals surface area contributed by atoms with E-state index >= 15 is 0 Å². The van der Waals surface area contributed by atoms with Crippen molar-refractivity contribution in [2.24, 2.45) is 0 Å². The molecule has 0 spiro atoms. The lowest BCUT2D eigenvalue weighted by Gasteiger charge is -2.02. The highest BCUT2D eigenvalue weighted by atomic mass is 16.5. The summed E-state index contributed by atoms with van der Waals surface area (Å²) in [5.74, 6) is 1.42. The molecule has 5 heteroatoms. The van der Waals surface area contributed by atoms with Gasteiger partial charge in [0, 0.05) is 6.07 Å². The van der Waals surface area contributed by atoms with E-state index in [0.717, 1.165) is 0 Å². The number of anilines is 1. The maximum atomic E-state index is 9.18. The second-order valence-electron chi connectivity index (χ2n) is 2.95. The summed E-state index contributed by atoms with van der Waals surface area (Å²) in [4.78, 5) is 3.87. The third-order valence-corrected chi connectivity index (χ3v) is 1.75. The molecule has 0 atom stereocenters. The van der Waals surface area contributed by atoms with Gasteiger partial charge in [0.2, 0.25) is 5.89 Å². The lowest BCUT2D eigenvalue weighted by Crippen LogP contribution is -1.96. The van der Waals surface area contributed by atoms with Crippen LogP contribution in [0.1, 0.15) is 5.89 Å². The van der Waals surface area contributed by atoms with E-state index in [1.165, 1.54) is 12.3 Å². The van der Waals surface area contributed by atoms with Crippen LogP contribution < -0.4 is 10.5 Å². The third kappa shape index (κ3) is 2.40. The molecule has 0 fully saturated rings. The van der Waals surface area contributed by atoms with Gasteiger partial charge in [-0.3, -0.25) is 0 Å². The van der Waals surface area contributed by atoms with Crippen LogP contribution in [-0.2, 0) is 6.61 Å². The number of rotatable bonds is 3. The maximum absolute atomic E-state index is 9.18. The SMILES string of the molecule is Nc1coc(COc2cccc(O)c2)n1. The van der Waals surface area contributed by atoms with E-state index in [4.69, 9.17) is 14.9 Å². The van der Waals surface area contributed by atoms with Crippen molar-refractivity contribution in [3.63, 3.8) is 0 Å². The van der Waals surface area contributed by atoms with Crippen molar-refractivity contribution in [1.82, 2.24) is 4.98 Å². The van der Waals surface area contributed by atoms with Gasteiger partial charge in [0.1, 0.15) is 17.8 Å². The van der Waals surface area contributed by atoms with E-state index in [9.17, 15) is 5.11 Å². The second-order valence-corrected chi connectivity index (χ2v) is 2.95. The zero-order chi connectivity index (χ0) is 10.7. The molecule has 0 aliphatic rings. The molecule has 1 aromatic carbocycles. The van der Waals surface area contributed by atoms with Crippen LogP contribution in [0.25, 0.3) is 0 Å². The molecular weight excluding hydrogens is 196 g/mol. The lowest BCUT2D eigenvalue weighted by molar-refractivity contribution is 0.262. The van der Waals surface area contributed by atoms with Gasteiger partial charge in [-0.05, 0) is 12.1 Å². The first-order valence-electron chi connectivity index (χ1n) is 4.36. The van der Waals surface area contributed by atoms with Crippen LogP contribution in [-0.4, -0.2) is 10.1 Å². The fourth-order valence-electron chi connectivity index (χ4n) is 1.11. The number of aromatic hydroxyl groups is 1. The summed E-state index contributed by atoms with van der Waals surface area (Å²) < 4.78 is 10.3. The molecule has 0 unspecified atom stereocenters. The van der Waals surface area contributed by atoms with Crippen LogP contribution in [0.2, 0.25) is 0 Å². The van der Waals surface area contributed by atoms with Gasteiger partial charge in [-0.15, -0.1) is 0 Å². The Balaban J connectivity index is 1.99. The molecule has 0 saturated heterocycles. The van der Waals surface area contributed by atoms with Gasteiger partial charge in [-0.25, -0.2) is 0 Å². The summed E-state index contributed by atoms with van der Waals surface area (Å²) >= 11 is 0. The van der Waals surface area contributed by atoms with Crippen molar-refractivity contribution >= 4 is 5.82 Å². The molecule has 78 valence electrons. The molecule has 0 aliphatic heterocycles. The Labute approximate surface area is 86.1 Å². The van der Waals surface area contributed by atoms with Gasteiger partial charge in [0.25, 0.3) is 0 Å². The molecule has 15 heavy (non-hydrogen) atoms. The van der Waals surface area contributed by atoms with Gasteiger partial charge in [-0.2, -0.15) is 4.98 Å². The zero-order valence-electron chi connectivity index (χ0n) is 7.88. The van der Waals surface area contributed by atoms with Crippen molar-refractivity contribution in [3.8, 4) is 11.5 Å². The van der Waals surface area contributed by atoms with Gasteiger partial charge >= 0.3 is 0 Å². The molecule has 5 nitrogen and oxygen atoms in total. The summed E-state index contributed by atoms with van der Waals surface area (Å²) in [7, 11) is 0. The second kappa shape index (κ2) is 3.91. The molecule has 1 aromatic heterocycles. The van der Waals surface area contributed by atoms with Crippen molar-refractivity contribution in [2.75, 3.05) is 5.73 Å². The maximum Gasteiger partial charge on any atom is 0.234 e. The number of aromatic nitrogens is 1. The number of phenolic OH excluding ortho intramolecular Hbond substituents is 1. The highest BCUT2D eigenvalue weighted by Gasteiger charge is 2.02. The van der Waals surface area contributed by atoms with Crippen LogP contribution in [0.4, 0.5) is 5.82 Å². The minimum Gasteiger partial charge on any atom is -0.508 e. The van der Waals surface area contributed by atoms with E-state index in [0.29, 0.717) is 17.5 Å². The minimum atomic E-state index is 0.152. The first kappa shape index (κ1) is 9.39. The quantitative estimate of drug-likeness (QED) is 0.796. The first-order chi connectivity index (χ1) is 7.24. The smallest absolute Gasteiger partial charge is 0.234 e. The standard InChI is InChI=1S/C10H10N2O3/c11-9-5-15-10(12-9)6-14-8-3-1-2-7(13)4-8/h1-5,13H,6,11H2. The Kier molecular flexibility index (Phi) is 2.45. The Morgan fingerprint density at radius 2 is 2.33 bits per heavy atom. The summed E-state index contributed by atoms with van der Waals surface area (Å²) in [6.07, 6.45) is 1.35. The number of phenols is 1. The topological polar surface area (TPSA) is 81.5 Å². The number of hydrogen-bond acceptors (Lipinski definition) is 5. The Morgan fingerprint density at radius 1 is 1.47 bits per heavy atom. The molecule has 0 saturated carbocycles. The molecule has 2 rings (SSSR count). The van der Waals surface area contributed by atoms with Crippen molar-refractivity contribution in [3.05, 3.63) is 36.4 Å². The normalized spacial score (nSPS) is 10.1. The molecule has 0 bridgehead atoms. The molecule has 1 heterocycles. The van der Waals surface area contributed by atoms with Gasteiger partial charge in [0.05, 0.1) is 0 Å². The highest BCUT2D eigenvalue weighted by molar-refractivity contribution is 5.31. The molecule has 0 radical (unpaired) electrons. The average molecular weight is 206 g/mol. The van der Waals surface area contributed by atoms with E-state index in [1.54, 1.807) is 18.2 Å². The van der Waals surface area contributed by atoms with Crippen molar-refractivity contribution in [2.45, 2.75) is 6.61 Å². The number of nitrogens with two attached hydrogens (primary N) is 1. The monoisotopic (exact) mass is 206 g/mol. The van der Waals surface area contributed by atoms with Crippen LogP contribution in [0.5, 0.6) is 11.5 Å². The fourth-order valence-corrected chi connectivity index (χ4v) is 1.11. The summed E-state index contributed by atoms with van der Waals surface area (Å²) in [6, 6.07) is 6.49. The molecule has 2 aromatic rings. The van der Waals surface area contributed by atoms with Crippen LogP contribution in [0.15, 0.2) is 34.9 Å². The molecular formula is C10H10N2O3. The largest absolute Gasteiger partial charge is 0.508 e. The highest BCUT2D eigenvalue weighted by Crippen LogP contribution is 2.18. The van der Waals surface area contributed by atoms with Crippen LogP contribution >= 0.6 is 0 Å². The van der Waals surface area contributed by atoms with Crippen LogP contribution in [0.3, 0.4) is 0 Å². The minimum absolute atomic E-state index is 0.152. The third-order valence-electron chi connectivity index (χ3n) is 1.75. The van der Waals surface area contributed by atoms with E-state index in [2.05, 4.69) is 4.98 Å². The van der Waals surface area contributed by atoms with Gasteiger partial charge in [-0.1, -0.05) is 6.07 Å². The Hall–Kier alpha value is -2.17. The number of oxazole rings is 1. The Morgan fingerprint density at radius 3 is 3.00 bits per heavy atom. The predicted molar refractivity (Wildman–Crippen MR) is 53.4 cm³/mol. The molecule has 3 N–H and O–H groups in total. The van der Waals surface area contributed by atoms with E-state index < -0.39 is 0 Å². The number of ether oxygens (including phenoxy) is 1.